The van der Waals surface area contributed by atoms with Gasteiger partial charge in [-0.05, 0) is 42.8 Å². The minimum atomic E-state index is -0.150. The van der Waals surface area contributed by atoms with E-state index in [9.17, 15) is 4.79 Å². The number of carbonyl (C=O) groups is 1. The first-order valence-electron chi connectivity index (χ1n) is 6.96. The van der Waals surface area contributed by atoms with Crippen LogP contribution in [0.3, 0.4) is 0 Å². The summed E-state index contributed by atoms with van der Waals surface area (Å²) in [6, 6.07) is 10.9. The van der Waals surface area contributed by atoms with Crippen LogP contribution in [-0.4, -0.2) is 17.4 Å². The van der Waals surface area contributed by atoms with E-state index in [2.05, 4.69) is 22.5 Å². The van der Waals surface area contributed by atoms with Crippen molar-refractivity contribution >= 4 is 28.9 Å². The summed E-state index contributed by atoms with van der Waals surface area (Å²) in [6.45, 7) is 2.76. The second-order valence-electron chi connectivity index (χ2n) is 4.67. The maximum atomic E-state index is 11.9. The largest absolute Gasteiger partial charge is 0.355 e. The highest BCUT2D eigenvalue weighted by Crippen LogP contribution is 2.19. The molecule has 0 saturated carbocycles. The monoisotopic (exact) mass is 303 g/mol. The highest BCUT2D eigenvalue weighted by Gasteiger charge is 2.07. The Labute approximate surface area is 129 Å². The van der Waals surface area contributed by atoms with E-state index in [1.807, 2.05) is 30.3 Å². The topological polar surface area (TPSA) is 54.0 Å². The van der Waals surface area contributed by atoms with Crippen molar-refractivity contribution in [3.63, 3.8) is 0 Å². The third-order valence-corrected chi connectivity index (χ3v) is 3.19. The average Bonchev–Trinajstić information content (AvgIpc) is 2.50. The lowest BCUT2D eigenvalue weighted by atomic mass is 10.2. The summed E-state index contributed by atoms with van der Waals surface area (Å²) in [5.74, 6) is -0.150. The van der Waals surface area contributed by atoms with Gasteiger partial charge in [0.05, 0.1) is 0 Å². The van der Waals surface area contributed by atoms with Gasteiger partial charge in [0, 0.05) is 29.1 Å². The highest BCUT2D eigenvalue weighted by molar-refractivity contribution is 6.30. The summed E-state index contributed by atoms with van der Waals surface area (Å²) >= 11 is 5.85. The molecule has 21 heavy (non-hydrogen) atoms. The van der Waals surface area contributed by atoms with Gasteiger partial charge in [-0.25, -0.2) is 0 Å². The number of hydrogen-bond donors (Lipinski definition) is 2. The van der Waals surface area contributed by atoms with Crippen molar-refractivity contribution < 1.29 is 4.79 Å². The number of amides is 1. The van der Waals surface area contributed by atoms with E-state index in [0.29, 0.717) is 17.3 Å². The number of hydrogen-bond acceptors (Lipinski definition) is 3. The van der Waals surface area contributed by atoms with Crippen LogP contribution in [0.1, 0.15) is 30.3 Å². The second kappa shape index (κ2) is 7.64. The maximum Gasteiger partial charge on any atom is 0.269 e. The Morgan fingerprint density at radius 3 is 2.67 bits per heavy atom. The number of nitrogens with zero attached hydrogens (tertiary/aromatic N) is 1. The van der Waals surface area contributed by atoms with E-state index in [1.54, 1.807) is 12.3 Å². The fourth-order valence-electron chi connectivity index (χ4n) is 1.80. The number of unbranched alkanes of at least 4 members (excludes halogenated alkanes) is 1. The van der Waals surface area contributed by atoms with Gasteiger partial charge in [-0.15, -0.1) is 0 Å². The molecule has 2 aromatic rings. The van der Waals surface area contributed by atoms with E-state index in [1.165, 1.54) is 0 Å². The van der Waals surface area contributed by atoms with Crippen molar-refractivity contribution in [2.75, 3.05) is 11.9 Å². The lowest BCUT2D eigenvalue weighted by molar-refractivity contribution is 0.0948. The molecule has 1 heterocycles. The first-order chi connectivity index (χ1) is 10.2. The first-order valence-corrected chi connectivity index (χ1v) is 7.33. The molecule has 1 aromatic heterocycles. The molecule has 2 N–H and O–H groups in total. The van der Waals surface area contributed by atoms with E-state index < -0.39 is 0 Å². The summed E-state index contributed by atoms with van der Waals surface area (Å²) in [7, 11) is 0. The minimum Gasteiger partial charge on any atom is -0.355 e. The Bertz CT molecular complexity index is 599. The normalized spacial score (nSPS) is 10.2. The molecule has 0 aliphatic rings. The van der Waals surface area contributed by atoms with Gasteiger partial charge in [-0.1, -0.05) is 24.9 Å². The third kappa shape index (κ3) is 4.76. The SMILES string of the molecule is CCCCNC(=O)c1cc(Nc2ccc(Cl)cc2)ccn1. The van der Waals surface area contributed by atoms with Crippen LogP contribution < -0.4 is 10.6 Å². The number of aromatic nitrogens is 1. The van der Waals surface area contributed by atoms with Gasteiger partial charge in [0.1, 0.15) is 5.69 Å². The van der Waals surface area contributed by atoms with Crippen LogP contribution in [0.4, 0.5) is 11.4 Å². The summed E-state index contributed by atoms with van der Waals surface area (Å²) in [6.07, 6.45) is 3.63. The number of halogens is 1. The van der Waals surface area contributed by atoms with E-state index >= 15 is 0 Å². The summed E-state index contributed by atoms with van der Waals surface area (Å²) in [5.41, 5.74) is 2.13. The van der Waals surface area contributed by atoms with Crippen LogP contribution in [0.5, 0.6) is 0 Å². The van der Waals surface area contributed by atoms with E-state index in [4.69, 9.17) is 11.6 Å². The molecule has 0 aliphatic carbocycles. The van der Waals surface area contributed by atoms with Crippen LogP contribution in [0.25, 0.3) is 0 Å². The van der Waals surface area contributed by atoms with Crippen LogP contribution >= 0.6 is 11.6 Å². The first kappa shape index (κ1) is 15.3. The van der Waals surface area contributed by atoms with Crippen molar-refractivity contribution in [3.8, 4) is 0 Å². The molecule has 1 amide bonds. The van der Waals surface area contributed by atoms with Crippen molar-refractivity contribution in [3.05, 3.63) is 53.3 Å². The zero-order chi connectivity index (χ0) is 15.1. The fraction of sp³-hybridized carbons (Fsp3) is 0.250. The molecular formula is C16H18ClN3O. The van der Waals surface area contributed by atoms with Crippen molar-refractivity contribution in [1.82, 2.24) is 10.3 Å². The Kier molecular flexibility index (Phi) is 5.58. The predicted octanol–water partition coefficient (Wildman–Crippen LogP) is 4.01. The van der Waals surface area contributed by atoms with Crippen molar-refractivity contribution in [2.45, 2.75) is 19.8 Å². The Hall–Kier alpha value is -2.07. The quantitative estimate of drug-likeness (QED) is 0.793. The highest BCUT2D eigenvalue weighted by atomic mass is 35.5. The molecule has 5 heteroatoms. The molecule has 1 aromatic carbocycles. The van der Waals surface area contributed by atoms with Gasteiger partial charge in [-0.3, -0.25) is 9.78 Å². The molecule has 110 valence electrons. The van der Waals surface area contributed by atoms with Crippen LogP contribution in [0, 0.1) is 0 Å². The van der Waals surface area contributed by atoms with Crippen molar-refractivity contribution in [1.29, 1.82) is 0 Å². The molecule has 0 fully saturated rings. The van der Waals surface area contributed by atoms with Gasteiger partial charge in [0.25, 0.3) is 5.91 Å². The fourth-order valence-corrected chi connectivity index (χ4v) is 1.93. The zero-order valence-corrected chi connectivity index (χ0v) is 12.7. The van der Waals surface area contributed by atoms with Gasteiger partial charge < -0.3 is 10.6 Å². The molecule has 2 rings (SSSR count). The smallest absolute Gasteiger partial charge is 0.269 e. The molecule has 0 saturated heterocycles. The van der Waals surface area contributed by atoms with E-state index in [0.717, 1.165) is 24.2 Å². The lowest BCUT2D eigenvalue weighted by Crippen LogP contribution is -2.25. The van der Waals surface area contributed by atoms with Crippen LogP contribution in [0.15, 0.2) is 42.6 Å². The van der Waals surface area contributed by atoms with Gasteiger partial charge in [0.2, 0.25) is 0 Å². The summed E-state index contributed by atoms with van der Waals surface area (Å²) in [5, 5.41) is 6.75. The standard InChI is InChI=1S/C16H18ClN3O/c1-2-3-9-19-16(21)15-11-14(8-10-18-15)20-13-6-4-12(17)5-7-13/h4-8,10-11H,2-3,9H2,1H3,(H,18,20)(H,19,21). The molecular weight excluding hydrogens is 286 g/mol. The number of carbonyl (C=O) groups excluding carboxylic acids is 1. The minimum absolute atomic E-state index is 0.150. The molecule has 0 unspecified atom stereocenters. The Morgan fingerprint density at radius 2 is 1.95 bits per heavy atom. The molecule has 0 spiro atoms. The van der Waals surface area contributed by atoms with Crippen molar-refractivity contribution in [2.24, 2.45) is 0 Å². The predicted molar refractivity (Wildman–Crippen MR) is 86.2 cm³/mol. The van der Waals surface area contributed by atoms with Gasteiger partial charge >= 0.3 is 0 Å². The summed E-state index contributed by atoms with van der Waals surface area (Å²) in [4.78, 5) is 16.1. The molecule has 0 bridgehead atoms. The number of anilines is 2. The van der Waals surface area contributed by atoms with Crippen LogP contribution in [-0.2, 0) is 0 Å². The van der Waals surface area contributed by atoms with Gasteiger partial charge in [-0.2, -0.15) is 0 Å². The van der Waals surface area contributed by atoms with Crippen LogP contribution in [0.2, 0.25) is 5.02 Å². The molecule has 0 radical (unpaired) electrons. The Morgan fingerprint density at radius 1 is 1.19 bits per heavy atom. The average molecular weight is 304 g/mol. The Balaban J connectivity index is 2.03. The third-order valence-electron chi connectivity index (χ3n) is 2.94. The number of pyridine rings is 1. The zero-order valence-electron chi connectivity index (χ0n) is 11.9. The van der Waals surface area contributed by atoms with Gasteiger partial charge in [0.15, 0.2) is 0 Å². The molecule has 0 aliphatic heterocycles. The summed E-state index contributed by atoms with van der Waals surface area (Å²) < 4.78 is 0. The van der Waals surface area contributed by atoms with E-state index in [-0.39, 0.29) is 5.91 Å². The number of nitrogens with one attached hydrogen (secondary N) is 2. The molecule has 4 nitrogen and oxygen atoms in total. The second-order valence-corrected chi connectivity index (χ2v) is 5.11. The number of rotatable bonds is 6. The maximum absolute atomic E-state index is 11.9. The molecule has 0 atom stereocenters. The lowest BCUT2D eigenvalue weighted by Gasteiger charge is -2.08. The number of benzene rings is 1.